The first-order valence-electron chi connectivity index (χ1n) is 14.1. The molecule has 9 nitrogen and oxygen atoms in total. The molecule has 0 saturated heterocycles. The third kappa shape index (κ3) is 7.02. The first kappa shape index (κ1) is 27.3. The van der Waals surface area contributed by atoms with Crippen molar-refractivity contribution in [2.75, 3.05) is 19.6 Å². The Labute approximate surface area is 230 Å². The lowest BCUT2D eigenvalue weighted by molar-refractivity contribution is 0.0837. The second kappa shape index (κ2) is 12.7. The van der Waals surface area contributed by atoms with Crippen molar-refractivity contribution in [3.05, 3.63) is 70.5 Å². The van der Waals surface area contributed by atoms with Gasteiger partial charge in [0.1, 0.15) is 24.4 Å². The molecule has 0 spiro atoms. The van der Waals surface area contributed by atoms with E-state index in [9.17, 15) is 9.90 Å². The molecular formula is C30H39N5O4. The lowest BCUT2D eigenvalue weighted by Gasteiger charge is -2.31. The van der Waals surface area contributed by atoms with Gasteiger partial charge < -0.3 is 19.6 Å². The van der Waals surface area contributed by atoms with Gasteiger partial charge in [0.15, 0.2) is 12.2 Å². The van der Waals surface area contributed by atoms with Crippen LogP contribution < -0.4 is 10.1 Å². The van der Waals surface area contributed by atoms with Crippen LogP contribution in [0.15, 0.2) is 35.3 Å². The van der Waals surface area contributed by atoms with Crippen molar-refractivity contribution < 1.29 is 19.1 Å². The van der Waals surface area contributed by atoms with E-state index >= 15 is 0 Å². The summed E-state index contributed by atoms with van der Waals surface area (Å²) in [6.45, 7) is 6.59. The van der Waals surface area contributed by atoms with Crippen molar-refractivity contribution in [3.63, 3.8) is 0 Å². The molecular weight excluding hydrogens is 494 g/mol. The molecule has 39 heavy (non-hydrogen) atoms. The number of aliphatic hydroxyl groups is 1. The average Bonchev–Trinajstić information content (AvgIpc) is 3.36. The number of nitrogens with one attached hydrogen (secondary N) is 1. The van der Waals surface area contributed by atoms with Crippen LogP contribution in [0, 0.1) is 19.8 Å². The number of nitrogens with zero attached hydrogens (tertiary/aromatic N) is 4. The first-order valence-corrected chi connectivity index (χ1v) is 14.1. The molecule has 5 rings (SSSR count). The highest BCUT2D eigenvalue weighted by molar-refractivity contribution is 5.92. The van der Waals surface area contributed by atoms with Crippen LogP contribution in [0.4, 0.5) is 0 Å². The van der Waals surface area contributed by atoms with E-state index in [4.69, 9.17) is 9.15 Å². The highest BCUT2D eigenvalue weighted by atomic mass is 16.5. The van der Waals surface area contributed by atoms with Gasteiger partial charge in [-0.2, -0.15) is 0 Å². The highest BCUT2D eigenvalue weighted by Gasteiger charge is 2.22. The van der Waals surface area contributed by atoms with Gasteiger partial charge in [-0.05, 0) is 61.4 Å². The number of oxazole rings is 1. The minimum absolute atomic E-state index is 0.178. The summed E-state index contributed by atoms with van der Waals surface area (Å²) in [7, 11) is 0. The molecule has 1 aliphatic heterocycles. The Kier molecular flexibility index (Phi) is 8.88. The van der Waals surface area contributed by atoms with Crippen LogP contribution >= 0.6 is 0 Å². The van der Waals surface area contributed by atoms with Crippen molar-refractivity contribution in [3.8, 4) is 5.75 Å². The Hall–Kier alpha value is -3.30. The molecule has 9 heteroatoms. The third-order valence-electron chi connectivity index (χ3n) is 8.07. The average molecular weight is 534 g/mol. The van der Waals surface area contributed by atoms with Gasteiger partial charge >= 0.3 is 0 Å². The van der Waals surface area contributed by atoms with Gasteiger partial charge in [-0.25, -0.2) is 15.0 Å². The van der Waals surface area contributed by atoms with Crippen LogP contribution in [0.2, 0.25) is 0 Å². The SMILES string of the molecule is Cc1ncoc1COc1ccc2c(c1C)CCN(C[C@@H](O)CNC(=O)c1cc(CC3CCCCC3)ncn1)C2. The van der Waals surface area contributed by atoms with Gasteiger partial charge in [-0.3, -0.25) is 9.69 Å². The van der Waals surface area contributed by atoms with Crippen molar-refractivity contribution in [2.24, 2.45) is 5.92 Å². The normalized spacial score (nSPS) is 17.0. The molecule has 3 aromatic rings. The molecule has 208 valence electrons. The Morgan fingerprint density at radius 1 is 1.21 bits per heavy atom. The smallest absolute Gasteiger partial charge is 0.270 e. The van der Waals surface area contributed by atoms with E-state index in [0.29, 0.717) is 24.8 Å². The summed E-state index contributed by atoms with van der Waals surface area (Å²) < 4.78 is 11.4. The first-order chi connectivity index (χ1) is 19.0. The molecule has 1 amide bonds. The van der Waals surface area contributed by atoms with Gasteiger partial charge in [0, 0.05) is 31.9 Å². The lowest BCUT2D eigenvalue weighted by Crippen LogP contribution is -2.42. The molecule has 2 aliphatic rings. The number of aryl methyl sites for hydroxylation is 1. The number of aromatic nitrogens is 3. The van der Waals surface area contributed by atoms with Crippen LogP contribution in [-0.4, -0.2) is 56.6 Å². The number of carbonyl (C=O) groups excluding carboxylic acids is 1. The van der Waals surface area contributed by atoms with Crippen LogP contribution in [0.25, 0.3) is 0 Å². The molecule has 0 radical (unpaired) electrons. The van der Waals surface area contributed by atoms with E-state index in [1.807, 2.05) is 13.0 Å². The van der Waals surface area contributed by atoms with Gasteiger partial charge in [0.2, 0.25) is 0 Å². The van der Waals surface area contributed by atoms with Crippen molar-refractivity contribution in [1.29, 1.82) is 0 Å². The number of ether oxygens (including phenoxy) is 1. The highest BCUT2D eigenvalue weighted by Crippen LogP contribution is 2.30. The minimum Gasteiger partial charge on any atom is -0.485 e. The van der Waals surface area contributed by atoms with Crippen LogP contribution in [0.5, 0.6) is 5.75 Å². The van der Waals surface area contributed by atoms with E-state index < -0.39 is 6.10 Å². The second-order valence-corrected chi connectivity index (χ2v) is 10.9. The number of benzene rings is 1. The predicted molar refractivity (Wildman–Crippen MR) is 146 cm³/mol. The van der Waals surface area contributed by atoms with E-state index in [-0.39, 0.29) is 12.5 Å². The van der Waals surface area contributed by atoms with Crippen molar-refractivity contribution in [1.82, 2.24) is 25.2 Å². The number of carbonyl (C=O) groups is 1. The molecule has 2 N–H and O–H groups in total. The summed E-state index contributed by atoms with van der Waals surface area (Å²) in [5, 5.41) is 13.5. The van der Waals surface area contributed by atoms with E-state index in [0.717, 1.165) is 54.4 Å². The number of β-amino-alcohol motifs (C(OH)–C–C–N with tert-alkyl or cyclic N) is 1. The maximum Gasteiger partial charge on any atom is 0.270 e. The molecule has 1 aliphatic carbocycles. The predicted octanol–water partition coefficient (Wildman–Crippen LogP) is 3.93. The zero-order valence-corrected chi connectivity index (χ0v) is 23.0. The molecule has 3 heterocycles. The Morgan fingerprint density at radius 3 is 2.85 bits per heavy atom. The fourth-order valence-corrected chi connectivity index (χ4v) is 5.78. The summed E-state index contributed by atoms with van der Waals surface area (Å²) in [6, 6.07) is 5.90. The number of rotatable bonds is 10. The molecule has 1 aromatic carbocycles. The zero-order valence-electron chi connectivity index (χ0n) is 23.0. The van der Waals surface area contributed by atoms with E-state index in [2.05, 4.69) is 38.2 Å². The molecule has 1 fully saturated rings. The Morgan fingerprint density at radius 2 is 2.05 bits per heavy atom. The third-order valence-corrected chi connectivity index (χ3v) is 8.07. The number of fused-ring (bicyclic) bond motifs is 1. The fraction of sp³-hybridized carbons (Fsp3) is 0.533. The van der Waals surface area contributed by atoms with Crippen molar-refractivity contribution >= 4 is 5.91 Å². The largest absolute Gasteiger partial charge is 0.485 e. The summed E-state index contributed by atoms with van der Waals surface area (Å²) in [5.41, 5.74) is 5.81. The fourth-order valence-electron chi connectivity index (χ4n) is 5.78. The molecule has 0 bridgehead atoms. The van der Waals surface area contributed by atoms with Crippen LogP contribution in [0.1, 0.15) is 76.4 Å². The molecule has 1 saturated carbocycles. The van der Waals surface area contributed by atoms with Crippen molar-refractivity contribution in [2.45, 2.75) is 78.0 Å². The quantitative estimate of drug-likeness (QED) is 0.403. The molecule has 0 unspecified atom stereocenters. The summed E-state index contributed by atoms with van der Waals surface area (Å²) in [4.78, 5) is 27.6. The summed E-state index contributed by atoms with van der Waals surface area (Å²) in [5.74, 6) is 1.97. The Bertz CT molecular complexity index is 1270. The van der Waals surface area contributed by atoms with Gasteiger partial charge in [-0.15, -0.1) is 0 Å². The van der Waals surface area contributed by atoms with Gasteiger partial charge in [0.05, 0.1) is 11.8 Å². The van der Waals surface area contributed by atoms with Crippen LogP contribution in [0.3, 0.4) is 0 Å². The van der Waals surface area contributed by atoms with E-state index in [1.54, 1.807) is 6.07 Å². The van der Waals surface area contributed by atoms with Gasteiger partial charge in [0.25, 0.3) is 5.91 Å². The summed E-state index contributed by atoms with van der Waals surface area (Å²) >= 11 is 0. The van der Waals surface area contributed by atoms with E-state index in [1.165, 1.54) is 56.0 Å². The summed E-state index contributed by atoms with van der Waals surface area (Å²) in [6.07, 6.45) is 10.4. The minimum atomic E-state index is -0.673. The molecule has 2 aromatic heterocycles. The zero-order chi connectivity index (χ0) is 27.2. The number of hydrogen-bond donors (Lipinski definition) is 2. The monoisotopic (exact) mass is 533 g/mol. The molecule has 1 atom stereocenters. The lowest BCUT2D eigenvalue weighted by atomic mass is 9.86. The number of aliphatic hydroxyl groups excluding tert-OH is 1. The van der Waals surface area contributed by atoms with Crippen LogP contribution in [-0.2, 0) is 26.0 Å². The standard InChI is InChI=1S/C30H39N5O4/c1-20-26-10-11-35(15-23(26)8-9-28(20)38-17-29-21(2)34-19-39-29)16-25(36)14-31-30(37)27-13-24(32-18-33-27)12-22-6-4-3-5-7-22/h8-9,13,18-19,22,25,36H,3-7,10-12,14-17H2,1-2H3,(H,31,37)/t25-/m0/s1. The van der Waals surface area contributed by atoms with Gasteiger partial charge in [-0.1, -0.05) is 38.2 Å². The number of hydrogen-bond acceptors (Lipinski definition) is 8. The Balaban J connectivity index is 1.09. The maximum absolute atomic E-state index is 12.7. The maximum atomic E-state index is 12.7. The second-order valence-electron chi connectivity index (χ2n) is 10.9. The number of amides is 1. The topological polar surface area (TPSA) is 114 Å².